The van der Waals surface area contributed by atoms with Crippen molar-refractivity contribution in [3.05, 3.63) is 59.7 Å². The van der Waals surface area contributed by atoms with Gasteiger partial charge in [0, 0.05) is 5.56 Å². The molecule has 1 amide bonds. The molecule has 0 heterocycles. The number of anilines is 1. The molecule has 2 aromatic carbocycles. The van der Waals surface area contributed by atoms with Crippen molar-refractivity contribution in [2.75, 3.05) is 12.4 Å². The molecule has 0 atom stereocenters. The van der Waals surface area contributed by atoms with Crippen LogP contribution in [0.2, 0.25) is 0 Å². The summed E-state index contributed by atoms with van der Waals surface area (Å²) in [5.74, 6) is 0.511. The SMILES string of the molecule is COc1ccccc1NC(=O)c1ccc(C(C)(C)C)cc1. The van der Waals surface area contributed by atoms with Gasteiger partial charge in [-0.15, -0.1) is 0 Å². The van der Waals surface area contributed by atoms with E-state index >= 15 is 0 Å². The molecular weight excluding hydrogens is 262 g/mol. The van der Waals surface area contributed by atoms with Crippen LogP contribution in [0.25, 0.3) is 0 Å². The number of rotatable bonds is 3. The molecule has 110 valence electrons. The second-order valence-electron chi connectivity index (χ2n) is 5.98. The lowest BCUT2D eigenvalue weighted by Gasteiger charge is -2.19. The molecule has 0 saturated heterocycles. The molecule has 1 N–H and O–H groups in total. The minimum atomic E-state index is -0.139. The molecule has 0 radical (unpaired) electrons. The smallest absolute Gasteiger partial charge is 0.255 e. The Bertz CT molecular complexity index is 624. The fourth-order valence-electron chi connectivity index (χ4n) is 2.06. The maximum atomic E-state index is 12.3. The lowest BCUT2D eigenvalue weighted by molar-refractivity contribution is 0.102. The summed E-state index contributed by atoms with van der Waals surface area (Å²) in [6.07, 6.45) is 0. The molecule has 0 spiro atoms. The molecule has 0 aliphatic heterocycles. The third-order valence-corrected chi connectivity index (χ3v) is 3.37. The molecule has 0 aliphatic carbocycles. The van der Waals surface area contributed by atoms with Gasteiger partial charge in [-0.25, -0.2) is 0 Å². The Morgan fingerprint density at radius 2 is 1.62 bits per heavy atom. The van der Waals surface area contributed by atoms with Crippen LogP contribution in [0.3, 0.4) is 0 Å². The van der Waals surface area contributed by atoms with E-state index < -0.39 is 0 Å². The second-order valence-corrected chi connectivity index (χ2v) is 5.98. The van der Waals surface area contributed by atoms with Crippen LogP contribution in [0.5, 0.6) is 5.75 Å². The Morgan fingerprint density at radius 1 is 1.00 bits per heavy atom. The van der Waals surface area contributed by atoms with Crippen LogP contribution in [0.1, 0.15) is 36.7 Å². The summed E-state index contributed by atoms with van der Waals surface area (Å²) in [5.41, 5.74) is 2.59. The number of carbonyl (C=O) groups excluding carboxylic acids is 1. The molecule has 0 aliphatic rings. The van der Waals surface area contributed by atoms with Gasteiger partial charge < -0.3 is 10.1 Å². The van der Waals surface area contributed by atoms with Gasteiger partial charge in [-0.05, 0) is 35.2 Å². The van der Waals surface area contributed by atoms with E-state index in [2.05, 4.69) is 26.1 Å². The highest BCUT2D eigenvalue weighted by Crippen LogP contribution is 2.25. The van der Waals surface area contributed by atoms with Crippen molar-refractivity contribution in [1.82, 2.24) is 0 Å². The third-order valence-electron chi connectivity index (χ3n) is 3.37. The molecule has 0 bridgehead atoms. The Kier molecular flexibility index (Phi) is 4.32. The minimum absolute atomic E-state index is 0.0810. The lowest BCUT2D eigenvalue weighted by atomic mass is 9.87. The van der Waals surface area contributed by atoms with E-state index in [9.17, 15) is 4.79 Å². The van der Waals surface area contributed by atoms with E-state index in [1.54, 1.807) is 7.11 Å². The highest BCUT2D eigenvalue weighted by Gasteiger charge is 2.14. The highest BCUT2D eigenvalue weighted by atomic mass is 16.5. The van der Waals surface area contributed by atoms with E-state index in [4.69, 9.17) is 4.74 Å². The van der Waals surface area contributed by atoms with Gasteiger partial charge in [0.25, 0.3) is 5.91 Å². The molecule has 2 rings (SSSR count). The van der Waals surface area contributed by atoms with E-state index in [1.807, 2.05) is 48.5 Å². The molecule has 3 heteroatoms. The van der Waals surface area contributed by atoms with E-state index in [1.165, 1.54) is 5.56 Å². The number of hydrogen-bond acceptors (Lipinski definition) is 2. The van der Waals surface area contributed by atoms with Crippen molar-refractivity contribution in [3.8, 4) is 5.75 Å². The number of methoxy groups -OCH3 is 1. The Hall–Kier alpha value is -2.29. The van der Waals surface area contributed by atoms with Gasteiger partial charge in [0.1, 0.15) is 5.75 Å². The van der Waals surface area contributed by atoms with Crippen molar-refractivity contribution in [3.63, 3.8) is 0 Å². The van der Waals surface area contributed by atoms with Gasteiger partial charge in [-0.1, -0.05) is 45.0 Å². The molecule has 0 saturated carbocycles. The first kappa shape index (κ1) is 15.1. The fourth-order valence-corrected chi connectivity index (χ4v) is 2.06. The lowest BCUT2D eigenvalue weighted by Crippen LogP contribution is -2.14. The van der Waals surface area contributed by atoms with Crippen LogP contribution in [-0.4, -0.2) is 13.0 Å². The highest BCUT2D eigenvalue weighted by molar-refractivity contribution is 6.05. The van der Waals surface area contributed by atoms with Gasteiger partial charge in [-0.3, -0.25) is 4.79 Å². The van der Waals surface area contributed by atoms with Crippen LogP contribution in [0.15, 0.2) is 48.5 Å². The molecule has 21 heavy (non-hydrogen) atoms. The van der Waals surface area contributed by atoms with Crippen LogP contribution < -0.4 is 10.1 Å². The van der Waals surface area contributed by atoms with Crippen LogP contribution in [0.4, 0.5) is 5.69 Å². The summed E-state index contributed by atoms with van der Waals surface area (Å²) in [6.45, 7) is 6.45. The minimum Gasteiger partial charge on any atom is -0.495 e. The van der Waals surface area contributed by atoms with E-state index in [0.29, 0.717) is 17.0 Å². The zero-order valence-corrected chi connectivity index (χ0v) is 12.9. The number of hydrogen-bond donors (Lipinski definition) is 1. The van der Waals surface area contributed by atoms with Gasteiger partial charge in [-0.2, -0.15) is 0 Å². The predicted octanol–water partition coefficient (Wildman–Crippen LogP) is 4.25. The van der Waals surface area contributed by atoms with Gasteiger partial charge in [0.05, 0.1) is 12.8 Å². The first-order valence-corrected chi connectivity index (χ1v) is 6.97. The van der Waals surface area contributed by atoms with E-state index in [0.717, 1.165) is 0 Å². The van der Waals surface area contributed by atoms with Crippen LogP contribution >= 0.6 is 0 Å². The Morgan fingerprint density at radius 3 is 2.19 bits per heavy atom. The Balaban J connectivity index is 2.17. The standard InChI is InChI=1S/C18H21NO2/c1-18(2,3)14-11-9-13(10-12-14)17(20)19-15-7-5-6-8-16(15)21-4/h5-12H,1-4H3,(H,19,20). The average Bonchev–Trinajstić information content (AvgIpc) is 2.47. The first-order chi connectivity index (χ1) is 9.91. The number of carbonyl (C=O) groups is 1. The maximum Gasteiger partial charge on any atom is 0.255 e. The molecule has 2 aromatic rings. The Labute approximate surface area is 126 Å². The second kappa shape index (κ2) is 6.00. The number of nitrogens with one attached hydrogen (secondary N) is 1. The molecule has 3 nitrogen and oxygen atoms in total. The monoisotopic (exact) mass is 283 g/mol. The van der Waals surface area contributed by atoms with Crippen molar-refractivity contribution in [2.45, 2.75) is 26.2 Å². The van der Waals surface area contributed by atoms with Gasteiger partial charge in [0.15, 0.2) is 0 Å². The third kappa shape index (κ3) is 3.63. The van der Waals surface area contributed by atoms with Crippen LogP contribution in [0, 0.1) is 0 Å². The largest absolute Gasteiger partial charge is 0.495 e. The molecule has 0 fully saturated rings. The van der Waals surface area contributed by atoms with Crippen molar-refractivity contribution in [2.24, 2.45) is 0 Å². The fraction of sp³-hybridized carbons (Fsp3) is 0.278. The normalized spacial score (nSPS) is 11.0. The topological polar surface area (TPSA) is 38.3 Å². The van der Waals surface area contributed by atoms with Gasteiger partial charge in [0.2, 0.25) is 0 Å². The van der Waals surface area contributed by atoms with Crippen LogP contribution in [-0.2, 0) is 5.41 Å². The van der Waals surface area contributed by atoms with Crippen molar-refractivity contribution < 1.29 is 9.53 Å². The summed E-state index contributed by atoms with van der Waals surface area (Å²) >= 11 is 0. The maximum absolute atomic E-state index is 12.3. The zero-order chi connectivity index (χ0) is 15.5. The predicted molar refractivity (Wildman–Crippen MR) is 86.1 cm³/mol. The number of ether oxygens (including phenoxy) is 1. The zero-order valence-electron chi connectivity index (χ0n) is 12.9. The summed E-state index contributed by atoms with van der Waals surface area (Å²) in [5, 5.41) is 2.87. The van der Waals surface area contributed by atoms with Crippen molar-refractivity contribution >= 4 is 11.6 Å². The number of benzene rings is 2. The molecule has 0 unspecified atom stereocenters. The molecular formula is C18H21NO2. The summed E-state index contributed by atoms with van der Waals surface area (Å²) in [6, 6.07) is 15.1. The molecule has 0 aromatic heterocycles. The first-order valence-electron chi connectivity index (χ1n) is 6.97. The summed E-state index contributed by atoms with van der Waals surface area (Å²) in [7, 11) is 1.59. The number of amides is 1. The summed E-state index contributed by atoms with van der Waals surface area (Å²) in [4.78, 5) is 12.3. The van der Waals surface area contributed by atoms with E-state index in [-0.39, 0.29) is 11.3 Å². The quantitative estimate of drug-likeness (QED) is 0.914. The number of para-hydroxylation sites is 2. The summed E-state index contributed by atoms with van der Waals surface area (Å²) < 4.78 is 5.23. The van der Waals surface area contributed by atoms with Crippen molar-refractivity contribution in [1.29, 1.82) is 0 Å². The van der Waals surface area contributed by atoms with Gasteiger partial charge >= 0.3 is 0 Å². The average molecular weight is 283 g/mol.